The number of anilines is 1. The van der Waals surface area contributed by atoms with Gasteiger partial charge < -0.3 is 4.90 Å². The number of likely N-dealkylation sites (N-methyl/N-ethyl adjacent to an activating group) is 1. The number of carbonyl (C=O) groups is 2. The molecule has 1 aliphatic heterocycles. The topological polar surface area (TPSA) is 55.2 Å². The molecular formula is C15H15N3O2. The van der Waals surface area contributed by atoms with Gasteiger partial charge in [-0.1, -0.05) is 6.07 Å². The molecule has 0 radical (unpaired) electrons. The summed E-state index contributed by atoms with van der Waals surface area (Å²) in [5, 5.41) is 4.42. The maximum absolute atomic E-state index is 11.7. The molecule has 0 N–H and O–H groups in total. The van der Waals surface area contributed by atoms with E-state index in [9.17, 15) is 9.59 Å². The lowest BCUT2D eigenvalue weighted by molar-refractivity contribution is -0.117. The predicted molar refractivity (Wildman–Crippen MR) is 75.8 cm³/mol. The van der Waals surface area contributed by atoms with Crippen LogP contribution < -0.4 is 4.90 Å². The normalized spacial score (nSPS) is 13.7. The summed E-state index contributed by atoms with van der Waals surface area (Å²) in [5.41, 5.74) is 4.22. The summed E-state index contributed by atoms with van der Waals surface area (Å²) in [6.45, 7) is 2.60. The average Bonchev–Trinajstić information content (AvgIpc) is 3.00. The lowest BCUT2D eigenvalue weighted by Gasteiger charge is -2.09. The van der Waals surface area contributed by atoms with Gasteiger partial charge in [-0.15, -0.1) is 0 Å². The highest BCUT2D eigenvalue weighted by molar-refractivity contribution is 6.01. The Balaban J connectivity index is 2.04. The van der Waals surface area contributed by atoms with E-state index in [0.29, 0.717) is 18.7 Å². The van der Waals surface area contributed by atoms with Gasteiger partial charge in [-0.05, 0) is 30.7 Å². The molecule has 5 nitrogen and oxygen atoms in total. The SMILES string of the molecule is CCn1nc(-c2ccc3c(c2)CC(=O)N3C)cc1C=O. The Morgan fingerprint density at radius 3 is 2.80 bits per heavy atom. The largest absolute Gasteiger partial charge is 0.315 e. The van der Waals surface area contributed by atoms with Crippen LogP contribution in [-0.4, -0.2) is 29.0 Å². The van der Waals surface area contributed by atoms with Gasteiger partial charge in [-0.25, -0.2) is 0 Å². The summed E-state index contributed by atoms with van der Waals surface area (Å²) in [4.78, 5) is 24.3. The number of hydrogen-bond acceptors (Lipinski definition) is 3. The van der Waals surface area contributed by atoms with E-state index in [0.717, 1.165) is 28.8 Å². The second kappa shape index (κ2) is 4.59. The fourth-order valence-corrected chi connectivity index (χ4v) is 2.55. The minimum absolute atomic E-state index is 0.102. The molecule has 5 heteroatoms. The average molecular weight is 269 g/mol. The van der Waals surface area contributed by atoms with Gasteiger partial charge in [0.1, 0.15) is 5.69 Å². The van der Waals surface area contributed by atoms with Crippen LogP contribution in [0.1, 0.15) is 23.0 Å². The van der Waals surface area contributed by atoms with E-state index in [1.54, 1.807) is 22.7 Å². The fraction of sp³-hybridized carbons (Fsp3) is 0.267. The molecule has 2 heterocycles. The van der Waals surface area contributed by atoms with Crippen molar-refractivity contribution in [1.82, 2.24) is 9.78 Å². The quantitative estimate of drug-likeness (QED) is 0.800. The molecule has 1 aliphatic rings. The number of carbonyl (C=O) groups excluding carboxylic acids is 2. The van der Waals surface area contributed by atoms with Crippen LogP contribution in [0.3, 0.4) is 0 Å². The van der Waals surface area contributed by atoms with Gasteiger partial charge in [0.15, 0.2) is 6.29 Å². The Morgan fingerprint density at radius 1 is 1.35 bits per heavy atom. The second-order valence-corrected chi connectivity index (χ2v) is 4.86. The molecule has 0 bridgehead atoms. The highest BCUT2D eigenvalue weighted by atomic mass is 16.2. The Morgan fingerprint density at radius 2 is 2.15 bits per heavy atom. The van der Waals surface area contributed by atoms with E-state index in [1.807, 2.05) is 25.1 Å². The van der Waals surface area contributed by atoms with Crippen LogP contribution in [0.5, 0.6) is 0 Å². The molecule has 3 rings (SSSR count). The first kappa shape index (κ1) is 12.6. The van der Waals surface area contributed by atoms with E-state index in [1.165, 1.54) is 0 Å². The van der Waals surface area contributed by atoms with Crippen LogP contribution in [0, 0.1) is 0 Å². The second-order valence-electron chi connectivity index (χ2n) is 4.86. The zero-order valence-electron chi connectivity index (χ0n) is 11.5. The first-order chi connectivity index (χ1) is 9.63. The molecule has 1 aromatic carbocycles. The molecule has 20 heavy (non-hydrogen) atoms. The van der Waals surface area contributed by atoms with Gasteiger partial charge in [-0.3, -0.25) is 14.3 Å². The number of rotatable bonds is 3. The molecule has 0 fully saturated rings. The molecule has 0 unspecified atom stereocenters. The Kier molecular flexibility index (Phi) is 2.89. The van der Waals surface area contributed by atoms with Crippen LogP contribution >= 0.6 is 0 Å². The summed E-state index contributed by atoms with van der Waals surface area (Å²) in [6.07, 6.45) is 1.24. The Hall–Kier alpha value is -2.43. The smallest absolute Gasteiger partial charge is 0.231 e. The maximum Gasteiger partial charge on any atom is 0.231 e. The summed E-state index contributed by atoms with van der Waals surface area (Å²) < 4.78 is 1.67. The van der Waals surface area contributed by atoms with E-state index in [4.69, 9.17) is 0 Å². The summed E-state index contributed by atoms with van der Waals surface area (Å²) >= 11 is 0. The van der Waals surface area contributed by atoms with Gasteiger partial charge in [0.2, 0.25) is 5.91 Å². The molecule has 1 aromatic heterocycles. The number of benzene rings is 1. The van der Waals surface area contributed by atoms with Crippen molar-refractivity contribution in [3.63, 3.8) is 0 Å². The van der Waals surface area contributed by atoms with Crippen molar-refractivity contribution in [2.75, 3.05) is 11.9 Å². The van der Waals surface area contributed by atoms with Gasteiger partial charge in [-0.2, -0.15) is 5.10 Å². The number of aromatic nitrogens is 2. The van der Waals surface area contributed by atoms with Crippen LogP contribution in [0.25, 0.3) is 11.3 Å². The molecule has 0 aliphatic carbocycles. The van der Waals surface area contributed by atoms with Crippen molar-refractivity contribution in [3.05, 3.63) is 35.5 Å². The predicted octanol–water partition coefficient (Wildman–Crippen LogP) is 1.90. The van der Waals surface area contributed by atoms with Gasteiger partial charge in [0, 0.05) is 24.8 Å². The third kappa shape index (κ3) is 1.82. The van der Waals surface area contributed by atoms with Crippen LogP contribution in [0.4, 0.5) is 5.69 Å². The summed E-state index contributed by atoms with van der Waals surface area (Å²) in [5.74, 6) is 0.102. The van der Waals surface area contributed by atoms with Crippen molar-refractivity contribution in [1.29, 1.82) is 0 Å². The molecule has 2 aromatic rings. The Labute approximate surface area is 116 Å². The van der Waals surface area contributed by atoms with E-state index >= 15 is 0 Å². The van der Waals surface area contributed by atoms with Crippen LogP contribution in [0.15, 0.2) is 24.3 Å². The molecule has 0 saturated heterocycles. The lowest BCUT2D eigenvalue weighted by Crippen LogP contribution is -2.20. The van der Waals surface area contributed by atoms with Crippen molar-refractivity contribution in [2.24, 2.45) is 0 Å². The lowest BCUT2D eigenvalue weighted by atomic mass is 10.1. The maximum atomic E-state index is 11.7. The minimum Gasteiger partial charge on any atom is -0.315 e. The highest BCUT2D eigenvalue weighted by Crippen LogP contribution is 2.31. The van der Waals surface area contributed by atoms with E-state index < -0.39 is 0 Å². The summed E-state index contributed by atoms with van der Waals surface area (Å²) in [6, 6.07) is 7.62. The molecule has 1 amide bonds. The van der Waals surface area contributed by atoms with Gasteiger partial charge >= 0.3 is 0 Å². The van der Waals surface area contributed by atoms with Crippen LogP contribution in [0.2, 0.25) is 0 Å². The van der Waals surface area contributed by atoms with Crippen LogP contribution in [-0.2, 0) is 17.8 Å². The van der Waals surface area contributed by atoms with Crippen molar-refractivity contribution in [3.8, 4) is 11.3 Å². The van der Waals surface area contributed by atoms with Crippen molar-refractivity contribution >= 4 is 17.9 Å². The molecular weight excluding hydrogens is 254 g/mol. The summed E-state index contributed by atoms with van der Waals surface area (Å²) in [7, 11) is 1.78. The van der Waals surface area contributed by atoms with Crippen molar-refractivity contribution < 1.29 is 9.59 Å². The first-order valence-electron chi connectivity index (χ1n) is 6.57. The molecule has 102 valence electrons. The first-order valence-corrected chi connectivity index (χ1v) is 6.57. The zero-order valence-corrected chi connectivity index (χ0v) is 11.5. The van der Waals surface area contributed by atoms with Crippen molar-refractivity contribution in [2.45, 2.75) is 19.9 Å². The monoisotopic (exact) mass is 269 g/mol. The third-order valence-electron chi connectivity index (χ3n) is 3.68. The number of fused-ring (bicyclic) bond motifs is 1. The number of nitrogens with zero attached hydrogens (tertiary/aromatic N) is 3. The zero-order chi connectivity index (χ0) is 14.3. The van der Waals surface area contributed by atoms with Gasteiger partial charge in [0.05, 0.1) is 12.1 Å². The molecule has 0 saturated carbocycles. The number of aldehydes is 1. The van der Waals surface area contributed by atoms with E-state index in [-0.39, 0.29) is 5.91 Å². The molecule has 0 spiro atoms. The number of hydrogen-bond donors (Lipinski definition) is 0. The van der Waals surface area contributed by atoms with Gasteiger partial charge in [0.25, 0.3) is 0 Å². The standard InChI is InChI=1S/C15H15N3O2/c1-3-18-12(9-19)8-13(16-18)10-4-5-14-11(6-10)7-15(20)17(14)2/h4-6,8-9H,3,7H2,1-2H3. The molecule has 0 atom stereocenters. The number of aryl methyl sites for hydroxylation is 1. The number of amides is 1. The fourth-order valence-electron chi connectivity index (χ4n) is 2.55. The third-order valence-corrected chi connectivity index (χ3v) is 3.68. The highest BCUT2D eigenvalue weighted by Gasteiger charge is 2.24. The minimum atomic E-state index is 0.102. The van der Waals surface area contributed by atoms with E-state index in [2.05, 4.69) is 5.10 Å². The Bertz CT molecular complexity index is 703.